The predicted octanol–water partition coefficient (Wildman–Crippen LogP) is 0.933. The largest absolute Gasteiger partial charge is 0.494 e. The van der Waals surface area contributed by atoms with Gasteiger partial charge in [-0.05, 0) is 18.6 Å². The second-order valence-electron chi connectivity index (χ2n) is 3.70. The first-order valence-electron chi connectivity index (χ1n) is 5.38. The van der Waals surface area contributed by atoms with E-state index in [2.05, 4.69) is 4.98 Å². The number of H-pyrrole nitrogens is 1. The topological polar surface area (TPSA) is 75.1 Å². The van der Waals surface area contributed by atoms with E-state index >= 15 is 0 Å². The number of benzene rings is 1. The molecule has 1 aromatic carbocycles. The van der Waals surface area contributed by atoms with Crippen LogP contribution in [0.2, 0.25) is 0 Å². The minimum absolute atomic E-state index is 0.0397. The summed E-state index contributed by atoms with van der Waals surface area (Å²) in [6, 6.07) is 5.50. The van der Waals surface area contributed by atoms with Crippen LogP contribution in [0.15, 0.2) is 33.9 Å². The van der Waals surface area contributed by atoms with Crippen molar-refractivity contribution >= 4 is 0 Å². The zero-order valence-electron chi connectivity index (χ0n) is 9.61. The maximum absolute atomic E-state index is 13.6. The average Bonchev–Trinajstić information content (AvgIpc) is 2.31. The Morgan fingerprint density at radius 2 is 2.00 bits per heavy atom. The molecule has 0 aliphatic carbocycles. The molecule has 0 aliphatic heterocycles. The van der Waals surface area contributed by atoms with Crippen molar-refractivity contribution in [2.75, 3.05) is 0 Å². The molecule has 0 atom stereocenters. The second kappa shape index (κ2) is 4.48. The van der Waals surface area contributed by atoms with Crippen molar-refractivity contribution in [2.45, 2.75) is 13.3 Å². The van der Waals surface area contributed by atoms with Crippen molar-refractivity contribution < 1.29 is 9.50 Å². The summed E-state index contributed by atoms with van der Waals surface area (Å²) in [5.41, 5.74) is -1.60. The van der Waals surface area contributed by atoms with Gasteiger partial charge in [-0.3, -0.25) is 9.78 Å². The molecule has 0 spiro atoms. The van der Waals surface area contributed by atoms with Crippen molar-refractivity contribution in [1.29, 1.82) is 0 Å². The standard InChI is InChI=1S/C12H11FN2O3/c1-2-7-10(16)14-12(18)15(11(7)17)9-6-4-3-5-8(9)13/h3-6,17H,2H2,1H3,(H,14,16,18). The number of aromatic nitrogens is 2. The SMILES string of the molecule is CCc1c(O)n(-c2ccccc2F)c(=O)[nH]c1=O. The molecule has 18 heavy (non-hydrogen) atoms. The highest BCUT2D eigenvalue weighted by Gasteiger charge is 2.15. The molecule has 6 heteroatoms. The molecule has 0 amide bonds. The van der Waals surface area contributed by atoms with Gasteiger partial charge in [0.05, 0.1) is 11.3 Å². The van der Waals surface area contributed by atoms with Crippen LogP contribution in [0.3, 0.4) is 0 Å². The molecule has 2 N–H and O–H groups in total. The van der Waals surface area contributed by atoms with Crippen LogP contribution in [0.1, 0.15) is 12.5 Å². The van der Waals surface area contributed by atoms with Gasteiger partial charge in [0, 0.05) is 0 Å². The van der Waals surface area contributed by atoms with Gasteiger partial charge in [0.15, 0.2) is 0 Å². The number of hydrogen-bond donors (Lipinski definition) is 2. The minimum atomic E-state index is -0.875. The summed E-state index contributed by atoms with van der Waals surface area (Å²) in [5, 5.41) is 9.90. The van der Waals surface area contributed by atoms with Crippen LogP contribution in [0, 0.1) is 5.82 Å². The van der Waals surface area contributed by atoms with Gasteiger partial charge in [-0.25, -0.2) is 13.8 Å². The maximum atomic E-state index is 13.6. The zero-order valence-corrected chi connectivity index (χ0v) is 9.61. The van der Waals surface area contributed by atoms with E-state index < -0.39 is 22.9 Å². The molecule has 0 saturated heterocycles. The van der Waals surface area contributed by atoms with E-state index in [0.717, 1.165) is 10.6 Å². The number of nitrogens with zero attached hydrogens (tertiary/aromatic N) is 1. The number of rotatable bonds is 2. The molecular formula is C12H11FN2O3. The number of halogens is 1. The lowest BCUT2D eigenvalue weighted by molar-refractivity contribution is 0.420. The molecule has 0 saturated carbocycles. The Labute approximate surface area is 101 Å². The molecule has 0 fully saturated rings. The monoisotopic (exact) mass is 250 g/mol. The summed E-state index contributed by atoms with van der Waals surface area (Å²) >= 11 is 0. The number of aromatic hydroxyl groups is 1. The van der Waals surface area contributed by atoms with Gasteiger partial charge in [0.1, 0.15) is 5.82 Å². The van der Waals surface area contributed by atoms with Crippen molar-refractivity contribution in [2.24, 2.45) is 0 Å². The fourth-order valence-electron chi connectivity index (χ4n) is 1.74. The fraction of sp³-hybridized carbons (Fsp3) is 0.167. The summed E-state index contributed by atoms with van der Waals surface area (Å²) in [7, 11) is 0. The summed E-state index contributed by atoms with van der Waals surface area (Å²) < 4.78 is 14.4. The highest BCUT2D eigenvalue weighted by molar-refractivity contribution is 5.39. The van der Waals surface area contributed by atoms with Gasteiger partial charge in [0.25, 0.3) is 5.56 Å². The lowest BCUT2D eigenvalue weighted by Crippen LogP contribution is -2.31. The van der Waals surface area contributed by atoms with Crippen LogP contribution >= 0.6 is 0 Å². The van der Waals surface area contributed by atoms with E-state index in [1.807, 2.05) is 0 Å². The predicted molar refractivity (Wildman–Crippen MR) is 63.7 cm³/mol. The second-order valence-corrected chi connectivity index (χ2v) is 3.70. The Hall–Kier alpha value is -2.37. The maximum Gasteiger partial charge on any atom is 0.335 e. The molecular weight excluding hydrogens is 239 g/mol. The quantitative estimate of drug-likeness (QED) is 0.832. The van der Waals surface area contributed by atoms with E-state index in [1.165, 1.54) is 18.2 Å². The minimum Gasteiger partial charge on any atom is -0.494 e. The lowest BCUT2D eigenvalue weighted by atomic mass is 10.2. The number of para-hydroxylation sites is 1. The number of nitrogens with one attached hydrogen (secondary N) is 1. The smallest absolute Gasteiger partial charge is 0.335 e. The third-order valence-electron chi connectivity index (χ3n) is 2.63. The van der Waals surface area contributed by atoms with Crippen LogP contribution in [0.4, 0.5) is 4.39 Å². The molecule has 0 bridgehead atoms. The Kier molecular flexibility index (Phi) is 3.01. The van der Waals surface area contributed by atoms with Gasteiger partial charge in [-0.1, -0.05) is 19.1 Å². The molecule has 0 unspecified atom stereocenters. The van der Waals surface area contributed by atoms with Crippen molar-refractivity contribution in [3.05, 3.63) is 56.5 Å². The first-order chi connectivity index (χ1) is 8.56. The van der Waals surface area contributed by atoms with E-state index in [1.54, 1.807) is 6.92 Å². The normalized spacial score (nSPS) is 10.6. The van der Waals surface area contributed by atoms with Crippen LogP contribution in [0.25, 0.3) is 5.69 Å². The van der Waals surface area contributed by atoms with Gasteiger partial charge in [-0.2, -0.15) is 0 Å². The Morgan fingerprint density at radius 1 is 1.33 bits per heavy atom. The molecule has 1 aromatic heterocycles. The third kappa shape index (κ3) is 1.81. The van der Waals surface area contributed by atoms with Crippen molar-refractivity contribution in [1.82, 2.24) is 9.55 Å². The fourth-order valence-corrected chi connectivity index (χ4v) is 1.74. The van der Waals surface area contributed by atoms with Gasteiger partial charge in [-0.15, -0.1) is 0 Å². The van der Waals surface area contributed by atoms with Crippen molar-refractivity contribution in [3.8, 4) is 11.6 Å². The number of hydrogen-bond acceptors (Lipinski definition) is 3. The molecule has 94 valence electrons. The number of aromatic amines is 1. The van der Waals surface area contributed by atoms with Crippen LogP contribution in [0.5, 0.6) is 5.88 Å². The summed E-state index contributed by atoms with van der Waals surface area (Å²) in [5.74, 6) is -1.19. The van der Waals surface area contributed by atoms with Crippen LogP contribution < -0.4 is 11.2 Å². The van der Waals surface area contributed by atoms with Gasteiger partial charge >= 0.3 is 5.69 Å². The third-order valence-corrected chi connectivity index (χ3v) is 2.63. The Morgan fingerprint density at radius 3 is 2.61 bits per heavy atom. The molecule has 5 nitrogen and oxygen atoms in total. The Balaban J connectivity index is 2.85. The first kappa shape index (κ1) is 12.1. The summed E-state index contributed by atoms with van der Waals surface area (Å²) in [6.07, 6.45) is 0.232. The van der Waals surface area contributed by atoms with E-state index in [9.17, 15) is 19.1 Å². The molecule has 0 radical (unpaired) electrons. The van der Waals surface area contributed by atoms with Crippen molar-refractivity contribution in [3.63, 3.8) is 0 Å². The highest BCUT2D eigenvalue weighted by Crippen LogP contribution is 2.18. The first-order valence-corrected chi connectivity index (χ1v) is 5.38. The molecule has 2 rings (SSSR count). The van der Waals surface area contributed by atoms with Gasteiger partial charge in [0.2, 0.25) is 5.88 Å². The summed E-state index contributed by atoms with van der Waals surface area (Å²) in [4.78, 5) is 25.2. The Bertz CT molecular complexity index is 703. The van der Waals surface area contributed by atoms with Gasteiger partial charge < -0.3 is 5.11 Å². The molecule has 0 aliphatic rings. The summed E-state index contributed by atoms with van der Waals surface area (Å²) in [6.45, 7) is 1.65. The molecule has 1 heterocycles. The lowest BCUT2D eigenvalue weighted by Gasteiger charge is -2.10. The average molecular weight is 250 g/mol. The highest BCUT2D eigenvalue weighted by atomic mass is 19.1. The van der Waals surface area contributed by atoms with E-state index in [4.69, 9.17) is 0 Å². The van der Waals surface area contributed by atoms with Crippen LogP contribution in [-0.4, -0.2) is 14.7 Å². The van der Waals surface area contributed by atoms with E-state index in [0.29, 0.717) is 0 Å². The molecule has 2 aromatic rings. The van der Waals surface area contributed by atoms with Crippen LogP contribution in [-0.2, 0) is 6.42 Å². The van der Waals surface area contributed by atoms with E-state index in [-0.39, 0.29) is 17.7 Å². The zero-order chi connectivity index (χ0) is 13.3.